The molecule has 4 bridgehead atoms. The van der Waals surface area contributed by atoms with Gasteiger partial charge in [0.2, 0.25) is 0 Å². The number of amides is 1. The number of fused-ring (bicyclic) bond motifs is 6. The highest BCUT2D eigenvalue weighted by Crippen LogP contribution is 2.49. The lowest BCUT2D eigenvalue weighted by atomic mass is 9.71. The molecule has 0 aromatic heterocycles. The Labute approximate surface area is 124 Å². The standard InChI is InChI=1S/C15H23NO5/c1-15(2,3)21-14(20)16-5-4-7-8-6-9(10(16)11(7)17)13(19)12(8)18/h7-10,12-13,18-19H,4-6H2,1-3H3/t7-,8+,9-,10+,12+,13-/m1/s1. The van der Waals surface area contributed by atoms with Gasteiger partial charge in [-0.15, -0.1) is 0 Å². The Kier molecular flexibility index (Phi) is 3.29. The molecule has 1 aliphatic heterocycles. The maximum atomic E-state index is 12.6. The number of carbonyl (C=O) groups excluding carboxylic acids is 2. The molecule has 6 heteroatoms. The highest BCUT2D eigenvalue weighted by molar-refractivity contribution is 5.92. The third kappa shape index (κ3) is 2.25. The van der Waals surface area contributed by atoms with Gasteiger partial charge in [0.05, 0.1) is 18.2 Å². The van der Waals surface area contributed by atoms with Gasteiger partial charge < -0.3 is 14.9 Å². The molecular formula is C15H23NO5. The second-order valence-corrected chi connectivity index (χ2v) is 7.46. The Balaban J connectivity index is 1.86. The van der Waals surface area contributed by atoms with Gasteiger partial charge >= 0.3 is 6.09 Å². The molecular weight excluding hydrogens is 274 g/mol. The van der Waals surface area contributed by atoms with Crippen molar-refractivity contribution >= 4 is 11.9 Å². The monoisotopic (exact) mass is 297 g/mol. The van der Waals surface area contributed by atoms with Gasteiger partial charge in [0.15, 0.2) is 5.78 Å². The Morgan fingerprint density at radius 3 is 2.48 bits per heavy atom. The van der Waals surface area contributed by atoms with E-state index in [1.807, 2.05) is 0 Å². The largest absolute Gasteiger partial charge is 0.444 e. The number of aliphatic hydroxyl groups excluding tert-OH is 2. The van der Waals surface area contributed by atoms with Crippen LogP contribution in [0.15, 0.2) is 0 Å². The Morgan fingerprint density at radius 2 is 1.86 bits per heavy atom. The lowest BCUT2D eigenvalue weighted by Gasteiger charge is -2.45. The number of hydrogen-bond donors (Lipinski definition) is 2. The molecule has 3 aliphatic rings. The zero-order valence-corrected chi connectivity index (χ0v) is 12.7. The molecule has 0 aromatic carbocycles. The van der Waals surface area contributed by atoms with Crippen LogP contribution in [0.2, 0.25) is 0 Å². The molecule has 1 heterocycles. The summed E-state index contributed by atoms with van der Waals surface area (Å²) in [5, 5.41) is 20.3. The molecule has 118 valence electrons. The van der Waals surface area contributed by atoms with Gasteiger partial charge in [0.1, 0.15) is 5.60 Å². The van der Waals surface area contributed by atoms with Crippen molar-refractivity contribution in [2.75, 3.05) is 6.54 Å². The number of Topliss-reactive ketones (excluding diaryl/α,β-unsaturated/α-hetero) is 1. The smallest absolute Gasteiger partial charge is 0.410 e. The fourth-order valence-electron chi connectivity index (χ4n) is 4.14. The summed E-state index contributed by atoms with van der Waals surface area (Å²) in [6.07, 6.45) is -1.16. The van der Waals surface area contributed by atoms with E-state index < -0.39 is 29.9 Å². The Hall–Kier alpha value is -1.14. The number of ether oxygens (including phenoxy) is 1. The molecule has 0 radical (unpaired) electrons. The van der Waals surface area contributed by atoms with E-state index in [9.17, 15) is 19.8 Å². The van der Waals surface area contributed by atoms with Crippen LogP contribution >= 0.6 is 0 Å². The maximum absolute atomic E-state index is 12.6. The predicted octanol–water partition coefficient (Wildman–Crippen LogP) is 0.553. The first-order valence-electron chi connectivity index (χ1n) is 7.60. The Bertz CT molecular complexity index is 471. The van der Waals surface area contributed by atoms with Crippen LogP contribution in [0.5, 0.6) is 0 Å². The quantitative estimate of drug-likeness (QED) is 0.682. The number of nitrogens with zero attached hydrogens (tertiary/aromatic N) is 1. The van der Waals surface area contributed by atoms with Crippen LogP contribution in [-0.4, -0.2) is 57.4 Å². The second kappa shape index (κ2) is 4.68. The van der Waals surface area contributed by atoms with Gasteiger partial charge in [-0.2, -0.15) is 0 Å². The minimum atomic E-state index is -0.933. The second-order valence-electron chi connectivity index (χ2n) is 7.46. The van der Waals surface area contributed by atoms with E-state index in [4.69, 9.17) is 4.74 Å². The molecule has 3 fully saturated rings. The van der Waals surface area contributed by atoms with Gasteiger partial charge in [-0.05, 0) is 39.5 Å². The summed E-state index contributed by atoms with van der Waals surface area (Å²) in [7, 11) is 0. The molecule has 1 saturated heterocycles. The molecule has 2 aliphatic carbocycles. The normalized spacial score (nSPS) is 42.1. The number of piperidine rings is 1. The van der Waals surface area contributed by atoms with Crippen molar-refractivity contribution in [3.63, 3.8) is 0 Å². The van der Waals surface area contributed by atoms with Gasteiger partial charge in [0, 0.05) is 18.4 Å². The van der Waals surface area contributed by atoms with E-state index in [1.54, 1.807) is 20.8 Å². The van der Waals surface area contributed by atoms with Crippen molar-refractivity contribution in [3.8, 4) is 0 Å². The summed E-state index contributed by atoms with van der Waals surface area (Å²) in [5.41, 5.74) is -0.623. The van der Waals surface area contributed by atoms with Crippen LogP contribution in [0.3, 0.4) is 0 Å². The number of likely N-dealkylation sites (tertiary alicyclic amines) is 1. The minimum absolute atomic E-state index is 0.0241. The zero-order chi connectivity index (χ0) is 15.5. The molecule has 3 rings (SSSR count). The Morgan fingerprint density at radius 1 is 1.24 bits per heavy atom. The van der Waals surface area contributed by atoms with Crippen LogP contribution in [0.25, 0.3) is 0 Å². The SMILES string of the molecule is CC(C)(C)OC(=O)N1CC[C@H]2C(=O)[C@@H]1[C@H]1C[C@@H]2[C@H](O)[C@@H]1O. The van der Waals surface area contributed by atoms with Crippen molar-refractivity contribution in [1.29, 1.82) is 0 Å². The molecule has 0 unspecified atom stereocenters. The molecule has 6 nitrogen and oxygen atoms in total. The third-order valence-corrected chi connectivity index (χ3v) is 5.00. The zero-order valence-electron chi connectivity index (χ0n) is 12.7. The fraction of sp³-hybridized carbons (Fsp3) is 0.867. The van der Waals surface area contributed by atoms with Crippen molar-refractivity contribution in [1.82, 2.24) is 4.90 Å². The first-order valence-corrected chi connectivity index (χ1v) is 7.60. The summed E-state index contributed by atoms with van der Waals surface area (Å²) in [6, 6.07) is -0.651. The predicted molar refractivity (Wildman–Crippen MR) is 73.5 cm³/mol. The molecule has 2 N–H and O–H groups in total. The number of rotatable bonds is 0. The molecule has 2 saturated carbocycles. The van der Waals surface area contributed by atoms with Gasteiger partial charge in [-0.3, -0.25) is 9.69 Å². The number of hydrogen-bond acceptors (Lipinski definition) is 5. The molecule has 6 atom stereocenters. The topological polar surface area (TPSA) is 87.1 Å². The van der Waals surface area contributed by atoms with Crippen molar-refractivity contribution in [3.05, 3.63) is 0 Å². The summed E-state index contributed by atoms with van der Waals surface area (Å²) >= 11 is 0. The van der Waals surface area contributed by atoms with E-state index >= 15 is 0 Å². The first kappa shape index (κ1) is 14.8. The highest BCUT2D eigenvalue weighted by atomic mass is 16.6. The average Bonchev–Trinajstić information content (AvgIpc) is 2.60. The number of ketones is 1. The van der Waals surface area contributed by atoms with Crippen LogP contribution in [0.1, 0.15) is 33.6 Å². The third-order valence-electron chi connectivity index (χ3n) is 5.00. The van der Waals surface area contributed by atoms with E-state index in [0.717, 1.165) is 0 Å². The molecule has 0 aromatic rings. The summed E-state index contributed by atoms with van der Waals surface area (Å²) in [4.78, 5) is 26.3. The van der Waals surface area contributed by atoms with Crippen LogP contribution in [-0.2, 0) is 9.53 Å². The average molecular weight is 297 g/mol. The lowest BCUT2D eigenvalue weighted by molar-refractivity contribution is -0.140. The molecule has 0 spiro atoms. The van der Waals surface area contributed by atoms with Crippen LogP contribution < -0.4 is 0 Å². The minimum Gasteiger partial charge on any atom is -0.444 e. The first-order chi connectivity index (χ1) is 9.70. The van der Waals surface area contributed by atoms with Crippen molar-refractivity contribution in [2.45, 2.75) is 57.5 Å². The van der Waals surface area contributed by atoms with Crippen molar-refractivity contribution in [2.24, 2.45) is 17.8 Å². The number of aliphatic hydroxyl groups is 2. The van der Waals surface area contributed by atoms with E-state index in [0.29, 0.717) is 19.4 Å². The maximum Gasteiger partial charge on any atom is 0.410 e. The van der Waals surface area contributed by atoms with Gasteiger partial charge in [0.25, 0.3) is 0 Å². The van der Waals surface area contributed by atoms with E-state index in [1.165, 1.54) is 4.90 Å². The van der Waals surface area contributed by atoms with Gasteiger partial charge in [-0.1, -0.05) is 0 Å². The van der Waals surface area contributed by atoms with E-state index in [2.05, 4.69) is 0 Å². The lowest BCUT2D eigenvalue weighted by Crippen LogP contribution is -2.59. The van der Waals surface area contributed by atoms with E-state index in [-0.39, 0.29) is 23.5 Å². The number of carbonyl (C=O) groups is 2. The van der Waals surface area contributed by atoms with Crippen LogP contribution in [0.4, 0.5) is 4.79 Å². The van der Waals surface area contributed by atoms with Gasteiger partial charge in [-0.25, -0.2) is 4.79 Å². The summed E-state index contributed by atoms with van der Waals surface area (Å²) in [6.45, 7) is 5.79. The van der Waals surface area contributed by atoms with Crippen LogP contribution in [0, 0.1) is 17.8 Å². The summed E-state index contributed by atoms with van der Waals surface area (Å²) < 4.78 is 5.38. The summed E-state index contributed by atoms with van der Waals surface area (Å²) in [5.74, 6) is -0.794. The molecule has 1 amide bonds. The highest BCUT2D eigenvalue weighted by Gasteiger charge is 2.60. The fourth-order valence-corrected chi connectivity index (χ4v) is 4.14. The molecule has 21 heavy (non-hydrogen) atoms. The van der Waals surface area contributed by atoms with Crippen molar-refractivity contribution < 1.29 is 24.5 Å².